The number of carboxylic acid groups (broad SMARTS) is 1. The van der Waals surface area contributed by atoms with E-state index in [1.54, 1.807) is 18.2 Å². The molecule has 62 heavy (non-hydrogen) atoms. The topological polar surface area (TPSA) is 262 Å². The van der Waals surface area contributed by atoms with Crippen LogP contribution in [-0.4, -0.2) is 83.9 Å². The monoisotopic (exact) mass is 863 g/mol. The number of aliphatic imine (C=N–C) groups is 1. The third-order valence-corrected chi connectivity index (χ3v) is 10.6. The van der Waals surface area contributed by atoms with Crippen LogP contribution in [0.2, 0.25) is 0 Å². The Kier molecular flexibility index (Phi) is 21.4. The highest BCUT2D eigenvalue weighted by Crippen LogP contribution is 2.32. The summed E-state index contributed by atoms with van der Waals surface area (Å²) in [7, 11) is 1.17. The Morgan fingerprint density at radius 3 is 1.97 bits per heavy atom. The van der Waals surface area contributed by atoms with Crippen molar-refractivity contribution in [3.63, 3.8) is 0 Å². The van der Waals surface area contributed by atoms with E-state index in [1.807, 2.05) is 19.9 Å². The first-order valence-corrected chi connectivity index (χ1v) is 21.7. The van der Waals surface area contributed by atoms with Crippen molar-refractivity contribution in [2.75, 3.05) is 20.3 Å². The fraction of sp³-hybridized carbons (Fsp3) is 0.556. The number of rotatable bonds is 28. The molecule has 3 rings (SSSR count). The number of carbonyl (C=O) groups is 7. The Bertz CT molecular complexity index is 1880. The van der Waals surface area contributed by atoms with Crippen LogP contribution < -0.4 is 27.4 Å². The molecule has 0 spiro atoms. The van der Waals surface area contributed by atoms with E-state index in [4.69, 9.17) is 20.9 Å². The van der Waals surface area contributed by atoms with Crippen molar-refractivity contribution in [2.45, 2.75) is 141 Å². The van der Waals surface area contributed by atoms with Gasteiger partial charge < -0.3 is 42.0 Å². The van der Waals surface area contributed by atoms with E-state index in [2.05, 4.69) is 27.9 Å². The summed E-state index contributed by atoms with van der Waals surface area (Å²) in [5, 5.41) is 17.1. The first-order valence-electron chi connectivity index (χ1n) is 21.7. The van der Waals surface area contributed by atoms with Crippen LogP contribution in [0.3, 0.4) is 0 Å². The fourth-order valence-corrected chi connectivity index (χ4v) is 7.27. The number of imide groups is 1. The lowest BCUT2D eigenvalue weighted by molar-refractivity contribution is -0.148. The number of aliphatic carboxylic acids is 1. The molecule has 1 fully saturated rings. The number of hydrogen-bond acceptors (Lipinski definition) is 10. The summed E-state index contributed by atoms with van der Waals surface area (Å²) in [6.45, 7) is 5.29. The van der Waals surface area contributed by atoms with Crippen LogP contribution in [0.4, 0.5) is 10.5 Å². The number of benzene rings is 2. The Hall–Kier alpha value is -6.00. The SMILES string of the molecule is CCCCCCCCCCCCCCCCOC(=O)[C@@H](NC(=O)[C@H](CC(=O)O)NC(=O)CN1C(=O)NC(c2ccc(C(=O)OC)cc2N=C(N)N)C1=O)c1ccccc1C(C)C. The highest BCUT2D eigenvalue weighted by molar-refractivity contribution is 6.08. The molecule has 3 atom stereocenters. The predicted molar refractivity (Wildman–Crippen MR) is 233 cm³/mol. The van der Waals surface area contributed by atoms with Crippen LogP contribution in [0.25, 0.3) is 0 Å². The van der Waals surface area contributed by atoms with Gasteiger partial charge in [-0.3, -0.25) is 24.1 Å². The number of amides is 5. The second-order valence-electron chi connectivity index (χ2n) is 15.8. The summed E-state index contributed by atoms with van der Waals surface area (Å²) >= 11 is 0. The zero-order chi connectivity index (χ0) is 45.6. The van der Waals surface area contributed by atoms with Crippen LogP contribution in [0, 0.1) is 0 Å². The van der Waals surface area contributed by atoms with Crippen molar-refractivity contribution < 1.29 is 48.1 Å². The maximum absolute atomic E-state index is 13.8. The summed E-state index contributed by atoms with van der Waals surface area (Å²) in [6, 6.07) is 5.51. The highest BCUT2D eigenvalue weighted by atomic mass is 16.5. The molecule has 0 saturated carbocycles. The molecule has 1 aliphatic rings. The number of carboxylic acids is 1. The Balaban J connectivity index is 1.64. The molecule has 5 amide bonds. The van der Waals surface area contributed by atoms with Gasteiger partial charge in [0, 0.05) is 5.56 Å². The normalized spacial score (nSPS) is 14.5. The zero-order valence-corrected chi connectivity index (χ0v) is 36.5. The molecule has 17 heteroatoms. The van der Waals surface area contributed by atoms with Gasteiger partial charge >= 0.3 is 23.9 Å². The largest absolute Gasteiger partial charge is 0.481 e. The van der Waals surface area contributed by atoms with Gasteiger partial charge in [-0.15, -0.1) is 0 Å². The molecule has 2 aromatic carbocycles. The molecule has 0 aromatic heterocycles. The molecule has 1 aliphatic heterocycles. The summed E-state index contributed by atoms with van der Waals surface area (Å²) in [4.78, 5) is 95.9. The van der Waals surface area contributed by atoms with Gasteiger partial charge in [0.1, 0.15) is 18.6 Å². The molecule has 0 aliphatic carbocycles. The number of esters is 2. The van der Waals surface area contributed by atoms with E-state index in [9.17, 15) is 38.7 Å². The number of nitrogens with zero attached hydrogens (tertiary/aromatic N) is 2. The number of urea groups is 1. The summed E-state index contributed by atoms with van der Waals surface area (Å²) < 4.78 is 10.4. The average Bonchev–Trinajstić information content (AvgIpc) is 3.51. The van der Waals surface area contributed by atoms with Gasteiger partial charge in [0.05, 0.1) is 31.4 Å². The van der Waals surface area contributed by atoms with Crippen LogP contribution in [-0.2, 0) is 33.4 Å². The van der Waals surface area contributed by atoms with Gasteiger partial charge in [-0.1, -0.05) is 135 Å². The third-order valence-electron chi connectivity index (χ3n) is 10.6. The molecule has 340 valence electrons. The van der Waals surface area contributed by atoms with E-state index < -0.39 is 78.7 Å². The maximum Gasteiger partial charge on any atom is 0.337 e. The third kappa shape index (κ3) is 16.1. The van der Waals surface area contributed by atoms with Gasteiger partial charge in [0.15, 0.2) is 12.0 Å². The smallest absolute Gasteiger partial charge is 0.337 e. The number of nitrogens with one attached hydrogen (secondary N) is 3. The van der Waals surface area contributed by atoms with Gasteiger partial charge in [-0.25, -0.2) is 19.4 Å². The molecular formula is C45H65N7O10. The maximum atomic E-state index is 13.8. The van der Waals surface area contributed by atoms with Gasteiger partial charge in [-0.2, -0.15) is 0 Å². The molecule has 0 bridgehead atoms. The number of hydrogen-bond donors (Lipinski definition) is 6. The summed E-state index contributed by atoms with van der Waals surface area (Å²) in [5.41, 5.74) is 12.4. The number of ether oxygens (including phenoxy) is 2. The average molecular weight is 864 g/mol. The lowest BCUT2D eigenvalue weighted by Gasteiger charge is -2.25. The minimum Gasteiger partial charge on any atom is -0.481 e. The molecule has 1 saturated heterocycles. The van der Waals surface area contributed by atoms with E-state index in [0.29, 0.717) is 16.9 Å². The zero-order valence-electron chi connectivity index (χ0n) is 36.5. The van der Waals surface area contributed by atoms with E-state index in [0.717, 1.165) is 24.8 Å². The van der Waals surface area contributed by atoms with Gasteiger partial charge in [0.25, 0.3) is 5.91 Å². The van der Waals surface area contributed by atoms with E-state index in [1.165, 1.54) is 89.5 Å². The van der Waals surface area contributed by atoms with Crippen LogP contribution in [0.1, 0.15) is 162 Å². The Morgan fingerprint density at radius 2 is 1.42 bits per heavy atom. The standard InChI is InChI=1S/C45H65N7O10/c1-5-6-7-8-9-10-11-12-13-14-15-16-17-20-25-62-43(59)39(32-22-19-18-21-31(32)29(2)3)50-40(56)35(27-37(54)55)48-36(53)28-52-41(57)38(51-45(52)60)33-24-23-30(42(58)61-4)26-34(33)49-44(46)47/h18-19,21-24,26,29,35,38-39H,5-17,20,25,27-28H2,1-4H3,(H,48,53)(H,50,56)(H,51,60)(H,54,55)(H4,46,47,49)/t35-,38?,39-/m0/s1. The molecule has 0 radical (unpaired) electrons. The van der Waals surface area contributed by atoms with Crippen LogP contribution >= 0.6 is 0 Å². The number of nitrogens with two attached hydrogens (primary N) is 2. The van der Waals surface area contributed by atoms with E-state index >= 15 is 0 Å². The minimum atomic E-state index is -1.72. The molecule has 2 aromatic rings. The van der Waals surface area contributed by atoms with Crippen molar-refractivity contribution in [3.8, 4) is 0 Å². The number of carbonyl (C=O) groups excluding carboxylic acids is 6. The minimum absolute atomic E-state index is 0.0252. The van der Waals surface area contributed by atoms with Crippen LogP contribution in [0.5, 0.6) is 0 Å². The predicted octanol–water partition coefficient (Wildman–Crippen LogP) is 5.94. The number of unbranched alkanes of at least 4 members (excludes halogenated alkanes) is 13. The molecule has 8 N–H and O–H groups in total. The molecule has 1 heterocycles. The lowest BCUT2D eigenvalue weighted by atomic mass is 9.92. The number of methoxy groups -OCH3 is 1. The number of guanidine groups is 1. The molecule has 1 unspecified atom stereocenters. The Labute approximate surface area is 364 Å². The molecular weight excluding hydrogens is 799 g/mol. The van der Waals surface area contributed by atoms with E-state index in [-0.39, 0.29) is 29.3 Å². The fourth-order valence-electron chi connectivity index (χ4n) is 7.27. The van der Waals surface area contributed by atoms with Gasteiger partial charge in [-0.05, 0) is 35.6 Å². The molecule has 17 nitrogen and oxygen atoms in total. The Morgan fingerprint density at radius 1 is 0.839 bits per heavy atom. The quantitative estimate of drug-likeness (QED) is 0.0191. The first-order chi connectivity index (χ1) is 29.7. The van der Waals surface area contributed by atoms with Gasteiger partial charge in [0.2, 0.25) is 11.8 Å². The van der Waals surface area contributed by atoms with Crippen molar-refractivity contribution >= 4 is 53.3 Å². The second kappa shape index (κ2) is 26.4. The lowest BCUT2D eigenvalue weighted by Crippen LogP contribution is -2.52. The van der Waals surface area contributed by atoms with Crippen molar-refractivity contribution in [2.24, 2.45) is 16.5 Å². The van der Waals surface area contributed by atoms with Crippen LogP contribution in [0.15, 0.2) is 47.5 Å². The van der Waals surface area contributed by atoms with Crippen molar-refractivity contribution in [1.29, 1.82) is 0 Å². The van der Waals surface area contributed by atoms with Crippen molar-refractivity contribution in [3.05, 3.63) is 64.7 Å². The summed E-state index contributed by atoms with van der Waals surface area (Å²) in [5.74, 6) is -6.30. The van der Waals surface area contributed by atoms with Crippen molar-refractivity contribution in [1.82, 2.24) is 20.9 Å². The summed E-state index contributed by atoms with van der Waals surface area (Å²) in [6.07, 6.45) is 15.5. The first kappa shape index (κ1) is 50.4. The highest BCUT2D eigenvalue weighted by Gasteiger charge is 2.42. The second-order valence-corrected chi connectivity index (χ2v) is 15.8.